The van der Waals surface area contributed by atoms with Crippen LogP contribution in [0, 0.1) is 0 Å². The van der Waals surface area contributed by atoms with Crippen molar-refractivity contribution in [2.75, 3.05) is 20.9 Å². The van der Waals surface area contributed by atoms with E-state index in [9.17, 15) is 9.59 Å². The Morgan fingerprint density at radius 1 is 0.739 bits per heavy atom. The van der Waals surface area contributed by atoms with Crippen molar-refractivity contribution >= 4 is 12.2 Å². The SMILES string of the molecule is COC(=O)N(CN(C(=O)OC)C1CCCCC1)C1CCCCC1. The summed E-state index contributed by atoms with van der Waals surface area (Å²) in [7, 11) is 2.81. The van der Waals surface area contributed by atoms with E-state index >= 15 is 0 Å². The Kier molecular flexibility index (Phi) is 6.99. The molecule has 2 rings (SSSR count). The Morgan fingerprint density at radius 2 is 1.09 bits per heavy atom. The number of carbonyl (C=O) groups is 2. The van der Waals surface area contributed by atoms with Gasteiger partial charge in [0.1, 0.15) is 6.67 Å². The molecule has 6 heteroatoms. The minimum absolute atomic E-state index is 0.159. The first-order valence-electron chi connectivity index (χ1n) is 8.86. The first-order chi connectivity index (χ1) is 11.2. The van der Waals surface area contributed by atoms with Gasteiger partial charge < -0.3 is 9.47 Å². The smallest absolute Gasteiger partial charge is 0.411 e. The summed E-state index contributed by atoms with van der Waals surface area (Å²) in [4.78, 5) is 28.0. The number of nitrogens with zero attached hydrogens (tertiary/aromatic N) is 2. The molecule has 2 saturated carbocycles. The molecular formula is C17H30N2O4. The third-order valence-corrected chi connectivity index (χ3v) is 5.15. The van der Waals surface area contributed by atoms with E-state index in [0.717, 1.165) is 51.4 Å². The lowest BCUT2D eigenvalue weighted by molar-refractivity contribution is 0.0298. The van der Waals surface area contributed by atoms with E-state index in [1.807, 2.05) is 0 Å². The molecule has 0 aromatic heterocycles. The van der Waals surface area contributed by atoms with Gasteiger partial charge >= 0.3 is 12.2 Å². The van der Waals surface area contributed by atoms with Crippen molar-refractivity contribution in [3.63, 3.8) is 0 Å². The number of carbonyl (C=O) groups excluding carboxylic acids is 2. The van der Waals surface area contributed by atoms with Crippen molar-refractivity contribution in [1.82, 2.24) is 9.80 Å². The highest BCUT2D eigenvalue weighted by atomic mass is 16.5. The number of methoxy groups -OCH3 is 2. The monoisotopic (exact) mass is 326 g/mol. The van der Waals surface area contributed by atoms with Gasteiger partial charge in [0.15, 0.2) is 0 Å². The highest BCUT2D eigenvalue weighted by Gasteiger charge is 2.33. The summed E-state index contributed by atoms with van der Waals surface area (Å²) in [5.41, 5.74) is 0. The molecule has 0 heterocycles. The second-order valence-electron chi connectivity index (χ2n) is 6.60. The minimum atomic E-state index is -0.346. The maximum atomic E-state index is 12.3. The zero-order chi connectivity index (χ0) is 16.7. The molecule has 0 spiro atoms. The molecule has 0 bridgehead atoms. The predicted molar refractivity (Wildman–Crippen MR) is 87.1 cm³/mol. The Morgan fingerprint density at radius 3 is 1.39 bits per heavy atom. The molecule has 0 saturated heterocycles. The van der Waals surface area contributed by atoms with Crippen molar-refractivity contribution in [1.29, 1.82) is 0 Å². The summed E-state index contributed by atoms with van der Waals surface area (Å²) in [6.07, 6.45) is 10.2. The highest BCUT2D eigenvalue weighted by molar-refractivity contribution is 5.71. The fourth-order valence-corrected chi connectivity index (χ4v) is 3.83. The molecule has 0 unspecified atom stereocenters. The van der Waals surface area contributed by atoms with Gasteiger partial charge in [-0.3, -0.25) is 9.80 Å². The molecular weight excluding hydrogens is 296 g/mol. The van der Waals surface area contributed by atoms with E-state index in [-0.39, 0.29) is 30.9 Å². The van der Waals surface area contributed by atoms with Gasteiger partial charge in [-0.1, -0.05) is 38.5 Å². The van der Waals surface area contributed by atoms with E-state index < -0.39 is 0 Å². The molecule has 0 atom stereocenters. The van der Waals surface area contributed by atoms with Crippen LogP contribution in [0.4, 0.5) is 9.59 Å². The fourth-order valence-electron chi connectivity index (χ4n) is 3.83. The van der Waals surface area contributed by atoms with Crippen molar-refractivity contribution in [2.45, 2.75) is 76.3 Å². The molecule has 0 aromatic carbocycles. The molecule has 0 N–H and O–H groups in total. The molecule has 2 aliphatic rings. The molecule has 2 fully saturated rings. The van der Waals surface area contributed by atoms with Crippen LogP contribution in [0.3, 0.4) is 0 Å². The van der Waals surface area contributed by atoms with Crippen LogP contribution in [-0.4, -0.2) is 55.0 Å². The molecule has 6 nitrogen and oxygen atoms in total. The van der Waals surface area contributed by atoms with E-state index in [2.05, 4.69) is 0 Å². The summed E-state index contributed by atoms with van der Waals surface area (Å²) in [5.74, 6) is 0. The largest absolute Gasteiger partial charge is 0.453 e. The summed E-state index contributed by atoms with van der Waals surface area (Å²) in [5, 5.41) is 0. The van der Waals surface area contributed by atoms with Crippen molar-refractivity contribution in [3.8, 4) is 0 Å². The van der Waals surface area contributed by atoms with E-state index in [4.69, 9.17) is 9.47 Å². The highest BCUT2D eigenvalue weighted by Crippen LogP contribution is 2.27. The maximum absolute atomic E-state index is 12.3. The number of hydrogen-bond acceptors (Lipinski definition) is 4. The van der Waals surface area contributed by atoms with Gasteiger partial charge in [-0.2, -0.15) is 0 Å². The summed E-state index contributed by atoms with van der Waals surface area (Å²) < 4.78 is 9.95. The minimum Gasteiger partial charge on any atom is -0.453 e. The van der Waals surface area contributed by atoms with E-state index in [1.165, 1.54) is 27.1 Å². The Bertz CT molecular complexity index is 354. The average Bonchev–Trinajstić information content (AvgIpc) is 2.63. The lowest BCUT2D eigenvalue weighted by atomic mass is 9.93. The van der Waals surface area contributed by atoms with Gasteiger partial charge in [-0.15, -0.1) is 0 Å². The molecule has 0 radical (unpaired) electrons. The average molecular weight is 326 g/mol. The first kappa shape index (κ1) is 17.9. The van der Waals surface area contributed by atoms with Gasteiger partial charge in [-0.25, -0.2) is 9.59 Å². The normalized spacial score (nSPS) is 19.9. The summed E-state index contributed by atoms with van der Waals surface area (Å²) in [6.45, 7) is 0.273. The fraction of sp³-hybridized carbons (Fsp3) is 0.882. The quantitative estimate of drug-likeness (QED) is 0.738. The molecule has 0 aromatic rings. The maximum Gasteiger partial charge on any atom is 0.411 e. The third kappa shape index (κ3) is 4.75. The predicted octanol–water partition coefficient (Wildman–Crippen LogP) is 3.75. The van der Waals surface area contributed by atoms with Crippen LogP contribution in [0.5, 0.6) is 0 Å². The van der Waals surface area contributed by atoms with Crippen LogP contribution in [0.2, 0.25) is 0 Å². The second-order valence-corrected chi connectivity index (χ2v) is 6.60. The Labute approximate surface area is 139 Å². The molecule has 2 aliphatic carbocycles. The van der Waals surface area contributed by atoms with Crippen LogP contribution in [-0.2, 0) is 9.47 Å². The molecule has 23 heavy (non-hydrogen) atoms. The Balaban J connectivity index is 2.11. The van der Waals surface area contributed by atoms with Crippen LogP contribution in [0.25, 0.3) is 0 Å². The topological polar surface area (TPSA) is 59.1 Å². The number of amides is 2. The Hall–Kier alpha value is -1.46. The lowest BCUT2D eigenvalue weighted by Gasteiger charge is -2.40. The lowest BCUT2D eigenvalue weighted by Crippen LogP contribution is -2.53. The van der Waals surface area contributed by atoms with Crippen molar-refractivity contribution < 1.29 is 19.1 Å². The van der Waals surface area contributed by atoms with Crippen LogP contribution < -0.4 is 0 Å². The first-order valence-corrected chi connectivity index (χ1v) is 8.86. The zero-order valence-corrected chi connectivity index (χ0v) is 14.5. The summed E-state index contributed by atoms with van der Waals surface area (Å²) >= 11 is 0. The van der Waals surface area contributed by atoms with Gasteiger partial charge in [0, 0.05) is 12.1 Å². The van der Waals surface area contributed by atoms with E-state index in [0.29, 0.717) is 0 Å². The summed E-state index contributed by atoms with van der Waals surface area (Å²) in [6, 6.07) is 0.318. The molecule has 2 amide bonds. The molecule has 132 valence electrons. The third-order valence-electron chi connectivity index (χ3n) is 5.15. The number of hydrogen-bond donors (Lipinski definition) is 0. The van der Waals surface area contributed by atoms with Gasteiger partial charge in [-0.05, 0) is 25.7 Å². The van der Waals surface area contributed by atoms with Crippen molar-refractivity contribution in [2.24, 2.45) is 0 Å². The van der Waals surface area contributed by atoms with Crippen LogP contribution in [0.1, 0.15) is 64.2 Å². The standard InChI is InChI=1S/C17H30N2O4/c1-22-16(20)18(14-9-5-3-6-10-14)13-19(17(21)23-2)15-11-7-4-8-12-15/h14-15H,3-13H2,1-2H3. The van der Waals surface area contributed by atoms with Crippen LogP contribution in [0.15, 0.2) is 0 Å². The van der Waals surface area contributed by atoms with Gasteiger partial charge in [0.05, 0.1) is 14.2 Å². The van der Waals surface area contributed by atoms with Gasteiger partial charge in [0.25, 0.3) is 0 Å². The molecule has 0 aliphatic heterocycles. The zero-order valence-electron chi connectivity index (χ0n) is 14.5. The number of ether oxygens (including phenoxy) is 2. The van der Waals surface area contributed by atoms with E-state index in [1.54, 1.807) is 9.80 Å². The number of rotatable bonds is 4. The van der Waals surface area contributed by atoms with Crippen molar-refractivity contribution in [3.05, 3.63) is 0 Å². The van der Waals surface area contributed by atoms with Crippen LogP contribution >= 0.6 is 0 Å². The van der Waals surface area contributed by atoms with Gasteiger partial charge in [0.2, 0.25) is 0 Å². The second kappa shape index (κ2) is 8.99.